The van der Waals surface area contributed by atoms with Crippen LogP contribution in [0.3, 0.4) is 0 Å². The second-order valence-electron chi connectivity index (χ2n) is 7.65. The highest BCUT2D eigenvalue weighted by atomic mass is 16.2. The van der Waals surface area contributed by atoms with Crippen LogP contribution in [0.4, 0.5) is 5.69 Å². The molecule has 0 aromatic heterocycles. The molecule has 4 N–H and O–H groups in total. The van der Waals surface area contributed by atoms with Crippen molar-refractivity contribution in [2.24, 2.45) is 5.73 Å². The van der Waals surface area contributed by atoms with E-state index in [0.717, 1.165) is 25.7 Å². The molecule has 0 radical (unpaired) electrons. The molecule has 0 atom stereocenters. The summed E-state index contributed by atoms with van der Waals surface area (Å²) in [7, 11) is 0. The lowest BCUT2D eigenvalue weighted by Gasteiger charge is -2.19. The van der Waals surface area contributed by atoms with Gasteiger partial charge in [0, 0.05) is 12.2 Å². The van der Waals surface area contributed by atoms with Crippen molar-refractivity contribution in [3.63, 3.8) is 0 Å². The van der Waals surface area contributed by atoms with Gasteiger partial charge in [-0.25, -0.2) is 0 Å². The SMILES string of the molecule is N#C/C(=C/Nc1ccccc1C(N)=O)C(=O)NC1CCCCCCCCCCC1. The third-order valence-electron chi connectivity index (χ3n) is 5.37. The highest BCUT2D eigenvalue weighted by Crippen LogP contribution is 2.18. The molecule has 1 saturated carbocycles. The Morgan fingerprint density at radius 2 is 1.52 bits per heavy atom. The van der Waals surface area contributed by atoms with Crippen molar-refractivity contribution in [1.29, 1.82) is 5.26 Å². The molecule has 1 aromatic rings. The maximum Gasteiger partial charge on any atom is 0.263 e. The summed E-state index contributed by atoms with van der Waals surface area (Å²) >= 11 is 0. The van der Waals surface area contributed by atoms with Crippen molar-refractivity contribution < 1.29 is 9.59 Å². The lowest BCUT2D eigenvalue weighted by Crippen LogP contribution is -2.35. The monoisotopic (exact) mass is 396 g/mol. The van der Waals surface area contributed by atoms with Gasteiger partial charge in [-0.15, -0.1) is 0 Å². The minimum Gasteiger partial charge on any atom is -0.366 e. The fraction of sp³-hybridized carbons (Fsp3) is 0.522. The predicted molar refractivity (Wildman–Crippen MR) is 115 cm³/mol. The molecule has 0 saturated heterocycles. The molecular formula is C23H32N4O2. The molecule has 1 aliphatic carbocycles. The number of anilines is 1. The summed E-state index contributed by atoms with van der Waals surface area (Å²) in [6.07, 6.45) is 14.3. The van der Waals surface area contributed by atoms with E-state index < -0.39 is 5.91 Å². The molecule has 0 unspecified atom stereocenters. The molecule has 0 bridgehead atoms. The number of hydrogen-bond donors (Lipinski definition) is 3. The van der Waals surface area contributed by atoms with Crippen LogP contribution in [0.2, 0.25) is 0 Å². The number of primary amides is 1. The van der Waals surface area contributed by atoms with Gasteiger partial charge in [-0.1, -0.05) is 69.9 Å². The van der Waals surface area contributed by atoms with Crippen LogP contribution in [0.5, 0.6) is 0 Å². The molecule has 6 nitrogen and oxygen atoms in total. The van der Waals surface area contributed by atoms with Gasteiger partial charge in [-0.2, -0.15) is 5.26 Å². The number of carbonyl (C=O) groups is 2. The first kappa shape index (κ1) is 22.5. The Bertz CT molecular complexity index is 739. The second kappa shape index (κ2) is 12.6. The molecule has 2 rings (SSSR count). The van der Waals surface area contributed by atoms with Crippen molar-refractivity contribution in [3.8, 4) is 6.07 Å². The van der Waals surface area contributed by atoms with Crippen molar-refractivity contribution in [3.05, 3.63) is 41.6 Å². The Balaban J connectivity index is 1.98. The van der Waals surface area contributed by atoms with E-state index in [1.54, 1.807) is 24.3 Å². The van der Waals surface area contributed by atoms with Crippen LogP contribution >= 0.6 is 0 Å². The molecule has 2 amide bonds. The lowest BCUT2D eigenvalue weighted by molar-refractivity contribution is -0.117. The fourth-order valence-corrected chi connectivity index (χ4v) is 3.69. The number of hydrogen-bond acceptors (Lipinski definition) is 4. The largest absolute Gasteiger partial charge is 0.366 e. The molecule has 1 fully saturated rings. The number of amides is 2. The van der Waals surface area contributed by atoms with E-state index in [4.69, 9.17) is 5.73 Å². The molecule has 6 heteroatoms. The van der Waals surface area contributed by atoms with E-state index in [0.29, 0.717) is 11.3 Å². The van der Waals surface area contributed by atoms with Crippen molar-refractivity contribution in [2.75, 3.05) is 5.32 Å². The molecule has 156 valence electrons. The summed E-state index contributed by atoms with van der Waals surface area (Å²) in [5.41, 5.74) is 6.12. The zero-order chi connectivity index (χ0) is 20.9. The van der Waals surface area contributed by atoms with Gasteiger partial charge in [0.25, 0.3) is 11.8 Å². The van der Waals surface area contributed by atoms with Gasteiger partial charge in [0.1, 0.15) is 11.6 Å². The highest BCUT2D eigenvalue weighted by molar-refractivity contribution is 6.00. The molecule has 0 spiro atoms. The van der Waals surface area contributed by atoms with Crippen LogP contribution < -0.4 is 16.4 Å². The second-order valence-corrected chi connectivity index (χ2v) is 7.65. The van der Waals surface area contributed by atoms with Gasteiger partial charge in [0.05, 0.1) is 11.3 Å². The Labute approximate surface area is 173 Å². The summed E-state index contributed by atoms with van der Waals surface area (Å²) in [6, 6.07) is 8.77. The number of nitriles is 1. The Hall–Kier alpha value is -2.81. The minimum atomic E-state index is -0.572. The van der Waals surface area contributed by atoms with Gasteiger partial charge in [0.15, 0.2) is 0 Å². The predicted octanol–water partition coefficient (Wildman–Crippen LogP) is 4.39. The molecular weight excluding hydrogens is 364 g/mol. The summed E-state index contributed by atoms with van der Waals surface area (Å²) in [5.74, 6) is -0.952. The average Bonchev–Trinajstić information content (AvgIpc) is 2.70. The first-order valence-electron chi connectivity index (χ1n) is 10.7. The Morgan fingerprint density at radius 1 is 0.966 bits per heavy atom. The van der Waals surface area contributed by atoms with Crippen molar-refractivity contribution in [2.45, 2.75) is 76.7 Å². The Morgan fingerprint density at radius 3 is 2.07 bits per heavy atom. The molecule has 29 heavy (non-hydrogen) atoms. The Kier molecular flexibility index (Phi) is 9.77. The van der Waals surface area contributed by atoms with E-state index >= 15 is 0 Å². The number of nitrogens with one attached hydrogen (secondary N) is 2. The third-order valence-corrected chi connectivity index (χ3v) is 5.37. The summed E-state index contributed by atoms with van der Waals surface area (Å²) in [4.78, 5) is 24.1. The van der Waals surface area contributed by atoms with E-state index in [2.05, 4.69) is 10.6 Å². The number of nitrogens with zero attached hydrogens (tertiary/aromatic N) is 1. The van der Waals surface area contributed by atoms with Crippen LogP contribution in [0.25, 0.3) is 0 Å². The van der Waals surface area contributed by atoms with Crippen molar-refractivity contribution >= 4 is 17.5 Å². The van der Waals surface area contributed by atoms with Gasteiger partial charge >= 0.3 is 0 Å². The number of nitrogens with two attached hydrogens (primary N) is 1. The maximum atomic E-state index is 12.6. The van der Waals surface area contributed by atoms with E-state index in [1.165, 1.54) is 51.1 Å². The highest BCUT2D eigenvalue weighted by Gasteiger charge is 2.16. The smallest absolute Gasteiger partial charge is 0.263 e. The van der Waals surface area contributed by atoms with Gasteiger partial charge in [-0.05, 0) is 25.0 Å². The zero-order valence-electron chi connectivity index (χ0n) is 17.1. The summed E-state index contributed by atoms with van der Waals surface area (Å²) in [5, 5.41) is 15.3. The quantitative estimate of drug-likeness (QED) is 0.506. The van der Waals surface area contributed by atoms with Gasteiger partial charge < -0.3 is 16.4 Å². The first-order valence-corrected chi connectivity index (χ1v) is 10.7. The molecule has 0 aliphatic heterocycles. The average molecular weight is 397 g/mol. The molecule has 1 aromatic carbocycles. The normalized spacial score (nSPS) is 17.3. The van der Waals surface area contributed by atoms with E-state index in [-0.39, 0.29) is 17.5 Å². The van der Waals surface area contributed by atoms with Crippen LogP contribution in [0.1, 0.15) is 81.0 Å². The first-order chi connectivity index (χ1) is 14.1. The van der Waals surface area contributed by atoms with Crippen molar-refractivity contribution in [1.82, 2.24) is 5.32 Å². The topological polar surface area (TPSA) is 108 Å². The van der Waals surface area contributed by atoms with Crippen LogP contribution in [-0.2, 0) is 4.79 Å². The number of para-hydroxylation sites is 1. The molecule has 1 aliphatic rings. The van der Waals surface area contributed by atoms with Crippen LogP contribution in [0, 0.1) is 11.3 Å². The lowest BCUT2D eigenvalue weighted by atomic mass is 9.98. The zero-order valence-corrected chi connectivity index (χ0v) is 17.1. The van der Waals surface area contributed by atoms with E-state index in [1.807, 2.05) is 6.07 Å². The van der Waals surface area contributed by atoms with Gasteiger partial charge in [-0.3, -0.25) is 9.59 Å². The van der Waals surface area contributed by atoms with Crippen LogP contribution in [-0.4, -0.2) is 17.9 Å². The molecule has 0 heterocycles. The number of carbonyl (C=O) groups excluding carboxylic acids is 2. The fourth-order valence-electron chi connectivity index (χ4n) is 3.69. The number of rotatable bonds is 5. The summed E-state index contributed by atoms with van der Waals surface area (Å²) < 4.78 is 0. The number of benzene rings is 1. The minimum absolute atomic E-state index is 0.0182. The van der Waals surface area contributed by atoms with Crippen LogP contribution in [0.15, 0.2) is 36.0 Å². The standard InChI is InChI=1S/C23H32N4O2/c24-16-18(17-26-21-15-11-10-14-20(21)22(25)28)23(29)27-19-12-8-6-4-2-1-3-5-7-9-13-19/h10-11,14-15,17,19,26H,1-9,12-13H2,(H2,25,28)(H,27,29)/b18-17-. The van der Waals surface area contributed by atoms with Gasteiger partial charge in [0.2, 0.25) is 0 Å². The summed E-state index contributed by atoms with van der Waals surface area (Å²) in [6.45, 7) is 0. The van der Waals surface area contributed by atoms with E-state index in [9.17, 15) is 14.9 Å². The third kappa shape index (κ3) is 7.98. The maximum absolute atomic E-state index is 12.6.